The zero-order valence-corrected chi connectivity index (χ0v) is 11.4. The number of nitrogens with zero attached hydrogens (tertiary/aromatic N) is 2. The van der Waals surface area contributed by atoms with Gasteiger partial charge in [-0.2, -0.15) is 0 Å². The van der Waals surface area contributed by atoms with E-state index in [9.17, 15) is 9.90 Å². The van der Waals surface area contributed by atoms with E-state index in [1.165, 1.54) is 19.2 Å². The van der Waals surface area contributed by atoms with Crippen LogP contribution in [-0.4, -0.2) is 48.6 Å². The molecule has 20 heavy (non-hydrogen) atoms. The minimum absolute atomic E-state index is 0.0263. The lowest BCUT2D eigenvalue weighted by atomic mass is 10.1. The van der Waals surface area contributed by atoms with Gasteiger partial charge in [0, 0.05) is 19.4 Å². The first-order valence-corrected chi connectivity index (χ1v) is 6.46. The minimum atomic E-state index is -0.232. The maximum Gasteiger partial charge on any atom is 0.258 e. The van der Waals surface area contributed by atoms with Gasteiger partial charge in [0.05, 0.1) is 24.4 Å². The van der Waals surface area contributed by atoms with E-state index in [2.05, 4.69) is 4.99 Å². The Balaban J connectivity index is 2.09. The molecule has 2 atom stereocenters. The third-order valence-electron chi connectivity index (χ3n) is 3.80. The number of aliphatic imine (C=N–C) groups is 1. The molecule has 0 radical (unpaired) electrons. The summed E-state index contributed by atoms with van der Waals surface area (Å²) in [5, 5.41) is 9.80. The summed E-state index contributed by atoms with van der Waals surface area (Å²) in [6.45, 7) is 0. The Bertz CT molecular complexity index is 585. The van der Waals surface area contributed by atoms with Crippen LogP contribution in [0.15, 0.2) is 17.1 Å². The van der Waals surface area contributed by atoms with E-state index >= 15 is 0 Å². The smallest absolute Gasteiger partial charge is 0.258 e. The number of carbonyl (C=O) groups excluding carboxylic acids is 1. The molecular weight excluding hydrogens is 260 g/mol. The Morgan fingerprint density at radius 2 is 2.15 bits per heavy atom. The number of ether oxygens (including phenoxy) is 2. The number of phenols is 1. The van der Waals surface area contributed by atoms with E-state index in [0.717, 1.165) is 12.8 Å². The lowest BCUT2D eigenvalue weighted by molar-refractivity contribution is -0.00271. The Morgan fingerprint density at radius 1 is 1.35 bits per heavy atom. The van der Waals surface area contributed by atoms with Gasteiger partial charge in [-0.15, -0.1) is 0 Å². The van der Waals surface area contributed by atoms with Crippen LogP contribution >= 0.6 is 0 Å². The second-order valence-electron chi connectivity index (χ2n) is 4.87. The molecule has 2 heterocycles. The summed E-state index contributed by atoms with van der Waals surface area (Å²) < 4.78 is 10.4. The van der Waals surface area contributed by atoms with Crippen LogP contribution in [0.2, 0.25) is 0 Å². The fourth-order valence-corrected chi connectivity index (χ4v) is 2.77. The number of phenolic OH excluding ortho intramolecular Hbond substituents is 1. The van der Waals surface area contributed by atoms with E-state index in [-0.39, 0.29) is 29.7 Å². The van der Waals surface area contributed by atoms with Crippen molar-refractivity contribution in [2.45, 2.75) is 25.1 Å². The standard InChI is InChI=1S/C14H16N2O4/c1-19-12-5-9-10(6-11(12)17)15-7-8-3-4-13(20-2)16(8)14(9)18/h5-8,13,17H,3-4H2,1-2H3/t8-,13+/m1/s1. The lowest BCUT2D eigenvalue weighted by Crippen LogP contribution is -2.42. The Morgan fingerprint density at radius 3 is 2.85 bits per heavy atom. The maximum absolute atomic E-state index is 12.7. The van der Waals surface area contributed by atoms with Crippen molar-refractivity contribution in [1.82, 2.24) is 4.90 Å². The first kappa shape index (κ1) is 12.9. The Kier molecular flexibility index (Phi) is 3.10. The van der Waals surface area contributed by atoms with Crippen LogP contribution < -0.4 is 4.74 Å². The molecule has 1 fully saturated rings. The number of fused-ring (bicyclic) bond motifs is 2. The molecule has 0 aliphatic carbocycles. The highest BCUT2D eigenvalue weighted by Gasteiger charge is 2.39. The molecule has 2 aliphatic heterocycles. The topological polar surface area (TPSA) is 71.4 Å². The zero-order valence-electron chi connectivity index (χ0n) is 11.4. The summed E-state index contributed by atoms with van der Waals surface area (Å²) in [6, 6.07) is 2.91. The number of methoxy groups -OCH3 is 2. The molecule has 106 valence electrons. The predicted molar refractivity (Wildman–Crippen MR) is 72.8 cm³/mol. The molecular formula is C14H16N2O4. The van der Waals surface area contributed by atoms with E-state index in [4.69, 9.17) is 9.47 Å². The molecule has 1 amide bonds. The first-order valence-electron chi connectivity index (χ1n) is 6.46. The number of hydrogen-bond acceptors (Lipinski definition) is 5. The highest BCUT2D eigenvalue weighted by molar-refractivity contribution is 6.03. The molecule has 1 aromatic rings. The average Bonchev–Trinajstić information content (AvgIpc) is 2.81. The van der Waals surface area contributed by atoms with Crippen molar-refractivity contribution in [3.8, 4) is 11.5 Å². The Hall–Kier alpha value is -2.08. The fraction of sp³-hybridized carbons (Fsp3) is 0.429. The van der Waals surface area contributed by atoms with Crippen LogP contribution in [0.25, 0.3) is 0 Å². The summed E-state index contributed by atoms with van der Waals surface area (Å²) >= 11 is 0. The van der Waals surface area contributed by atoms with Gasteiger partial charge in [0.2, 0.25) is 0 Å². The number of carbonyl (C=O) groups is 1. The van der Waals surface area contributed by atoms with Crippen LogP contribution in [0.4, 0.5) is 5.69 Å². The second kappa shape index (κ2) is 4.79. The molecule has 0 saturated carbocycles. The van der Waals surface area contributed by atoms with Gasteiger partial charge in [-0.05, 0) is 18.9 Å². The molecule has 6 nitrogen and oxygen atoms in total. The third kappa shape index (κ3) is 1.84. The van der Waals surface area contributed by atoms with Gasteiger partial charge >= 0.3 is 0 Å². The number of hydrogen-bond donors (Lipinski definition) is 1. The van der Waals surface area contributed by atoms with E-state index < -0.39 is 0 Å². The van der Waals surface area contributed by atoms with Crippen molar-refractivity contribution in [2.24, 2.45) is 4.99 Å². The number of rotatable bonds is 2. The van der Waals surface area contributed by atoms with E-state index in [1.807, 2.05) is 0 Å². The van der Waals surface area contributed by atoms with Gasteiger partial charge in [0.25, 0.3) is 5.91 Å². The van der Waals surface area contributed by atoms with Gasteiger partial charge in [-0.3, -0.25) is 9.79 Å². The summed E-state index contributed by atoms with van der Waals surface area (Å²) in [6.07, 6.45) is 3.13. The van der Waals surface area contributed by atoms with Gasteiger partial charge in [0.15, 0.2) is 11.5 Å². The molecule has 0 unspecified atom stereocenters. The molecule has 3 rings (SSSR count). The zero-order chi connectivity index (χ0) is 14.3. The van der Waals surface area contributed by atoms with E-state index in [0.29, 0.717) is 11.3 Å². The predicted octanol–water partition coefficient (Wildman–Crippen LogP) is 1.69. The quantitative estimate of drug-likeness (QED) is 0.892. The summed E-state index contributed by atoms with van der Waals surface area (Å²) in [7, 11) is 3.04. The third-order valence-corrected chi connectivity index (χ3v) is 3.80. The van der Waals surface area contributed by atoms with Crippen molar-refractivity contribution >= 4 is 17.8 Å². The summed E-state index contributed by atoms with van der Waals surface area (Å²) in [5.41, 5.74) is 0.875. The van der Waals surface area contributed by atoms with Gasteiger partial charge in [0.1, 0.15) is 6.23 Å². The summed E-state index contributed by atoms with van der Waals surface area (Å²) in [5.74, 6) is 0.0885. The monoisotopic (exact) mass is 276 g/mol. The SMILES string of the molecule is COc1cc2c(cc1O)N=C[C@H]1CC[C@H](OC)N1C2=O. The first-order chi connectivity index (χ1) is 9.65. The van der Waals surface area contributed by atoms with Gasteiger partial charge in [-0.1, -0.05) is 0 Å². The largest absolute Gasteiger partial charge is 0.504 e. The van der Waals surface area contributed by atoms with Gasteiger partial charge < -0.3 is 19.5 Å². The fourth-order valence-electron chi connectivity index (χ4n) is 2.77. The highest BCUT2D eigenvalue weighted by Crippen LogP contribution is 2.38. The number of amides is 1. The molecule has 0 aromatic heterocycles. The molecule has 6 heteroatoms. The maximum atomic E-state index is 12.7. The molecule has 2 aliphatic rings. The molecule has 0 spiro atoms. The number of aromatic hydroxyl groups is 1. The second-order valence-corrected chi connectivity index (χ2v) is 4.87. The minimum Gasteiger partial charge on any atom is -0.504 e. The van der Waals surface area contributed by atoms with Crippen molar-refractivity contribution in [3.63, 3.8) is 0 Å². The van der Waals surface area contributed by atoms with Crippen molar-refractivity contribution in [2.75, 3.05) is 14.2 Å². The van der Waals surface area contributed by atoms with E-state index in [1.54, 1.807) is 18.2 Å². The highest BCUT2D eigenvalue weighted by atomic mass is 16.5. The Labute approximate surface area is 116 Å². The molecule has 1 N–H and O–H groups in total. The van der Waals surface area contributed by atoms with Crippen LogP contribution in [-0.2, 0) is 4.74 Å². The van der Waals surface area contributed by atoms with Crippen molar-refractivity contribution in [1.29, 1.82) is 0 Å². The van der Waals surface area contributed by atoms with Crippen LogP contribution in [0.1, 0.15) is 23.2 Å². The van der Waals surface area contributed by atoms with Crippen molar-refractivity contribution < 1.29 is 19.4 Å². The average molecular weight is 276 g/mol. The normalized spacial score (nSPS) is 24.3. The van der Waals surface area contributed by atoms with Crippen molar-refractivity contribution in [3.05, 3.63) is 17.7 Å². The van der Waals surface area contributed by atoms with Crippen LogP contribution in [0, 0.1) is 0 Å². The van der Waals surface area contributed by atoms with Crippen LogP contribution in [0.5, 0.6) is 11.5 Å². The molecule has 1 aromatic carbocycles. The molecule has 0 bridgehead atoms. The lowest BCUT2D eigenvalue weighted by Gasteiger charge is -2.26. The van der Waals surface area contributed by atoms with Gasteiger partial charge in [-0.25, -0.2) is 0 Å². The van der Waals surface area contributed by atoms with Crippen LogP contribution in [0.3, 0.4) is 0 Å². The number of benzene rings is 1. The summed E-state index contributed by atoms with van der Waals surface area (Å²) in [4.78, 5) is 18.7. The molecule has 1 saturated heterocycles.